The van der Waals surface area contributed by atoms with Crippen molar-refractivity contribution in [3.8, 4) is 0 Å². The maximum absolute atomic E-state index is 11.4. The van der Waals surface area contributed by atoms with Crippen LogP contribution in [-0.4, -0.2) is 47.9 Å². The van der Waals surface area contributed by atoms with Gasteiger partial charge >= 0.3 is 12.2 Å². The van der Waals surface area contributed by atoms with Gasteiger partial charge in [0, 0.05) is 19.1 Å². The normalized spacial score (nSPS) is 25.4. The van der Waals surface area contributed by atoms with Crippen LogP contribution in [0.3, 0.4) is 0 Å². The van der Waals surface area contributed by atoms with Crippen LogP contribution in [-0.2, 0) is 4.74 Å². The van der Waals surface area contributed by atoms with Gasteiger partial charge in [0.05, 0.1) is 6.61 Å². The fourth-order valence-electron chi connectivity index (χ4n) is 2.98. The maximum atomic E-state index is 11.4. The Hall–Kier alpha value is -1.46. The molecule has 0 aromatic heterocycles. The number of likely N-dealkylation sites (tertiary alicyclic amines) is 1. The monoisotopic (exact) mass is 256 g/mol. The van der Waals surface area contributed by atoms with E-state index in [1.807, 2.05) is 0 Å². The molecule has 102 valence electrons. The number of hydrogen-bond donors (Lipinski definition) is 2. The lowest BCUT2D eigenvalue weighted by Crippen LogP contribution is -2.59. The van der Waals surface area contributed by atoms with Crippen molar-refractivity contribution >= 4 is 12.2 Å². The standard InChI is InChI=1S/C12H20N2O4/c1-2-18-10(15)13-9-3-4-12(9)5-7-14(8-6-12)11(16)17/h9H,2-8H2,1H3,(H,13,15)(H,16,17). The minimum atomic E-state index is -0.848. The van der Waals surface area contributed by atoms with Crippen molar-refractivity contribution in [2.24, 2.45) is 5.41 Å². The van der Waals surface area contributed by atoms with Crippen LogP contribution in [0.5, 0.6) is 0 Å². The highest BCUT2D eigenvalue weighted by Gasteiger charge is 2.49. The predicted octanol–water partition coefficient (Wildman–Crippen LogP) is 1.66. The fraction of sp³-hybridized carbons (Fsp3) is 0.833. The maximum Gasteiger partial charge on any atom is 0.407 e. The highest BCUT2D eigenvalue weighted by atomic mass is 16.5. The van der Waals surface area contributed by atoms with E-state index >= 15 is 0 Å². The molecule has 2 rings (SSSR count). The first-order valence-electron chi connectivity index (χ1n) is 6.48. The highest BCUT2D eigenvalue weighted by Crippen LogP contribution is 2.49. The number of hydrogen-bond acceptors (Lipinski definition) is 3. The minimum Gasteiger partial charge on any atom is -0.465 e. The zero-order valence-corrected chi connectivity index (χ0v) is 10.6. The molecule has 1 saturated carbocycles. The Morgan fingerprint density at radius 1 is 1.39 bits per heavy atom. The van der Waals surface area contributed by atoms with E-state index in [0.717, 1.165) is 25.7 Å². The smallest absolute Gasteiger partial charge is 0.407 e. The van der Waals surface area contributed by atoms with Crippen LogP contribution < -0.4 is 5.32 Å². The third kappa shape index (κ3) is 2.37. The molecule has 6 heteroatoms. The van der Waals surface area contributed by atoms with Crippen LogP contribution in [0.2, 0.25) is 0 Å². The molecule has 0 bridgehead atoms. The number of carbonyl (C=O) groups is 2. The van der Waals surface area contributed by atoms with Crippen molar-refractivity contribution in [2.45, 2.75) is 38.6 Å². The first-order valence-corrected chi connectivity index (χ1v) is 6.48. The number of amides is 2. The van der Waals surface area contributed by atoms with Crippen molar-refractivity contribution in [1.82, 2.24) is 10.2 Å². The van der Waals surface area contributed by atoms with Crippen molar-refractivity contribution in [3.63, 3.8) is 0 Å². The Kier molecular flexibility index (Phi) is 3.63. The quantitative estimate of drug-likeness (QED) is 0.787. The molecule has 0 aromatic rings. The van der Waals surface area contributed by atoms with Crippen LogP contribution in [0.1, 0.15) is 32.6 Å². The molecule has 1 unspecified atom stereocenters. The van der Waals surface area contributed by atoms with Gasteiger partial charge in [0.25, 0.3) is 0 Å². The molecule has 1 atom stereocenters. The summed E-state index contributed by atoms with van der Waals surface area (Å²) in [6.07, 6.45) is 2.48. The molecular formula is C12H20N2O4. The van der Waals surface area contributed by atoms with Gasteiger partial charge in [0.1, 0.15) is 0 Å². The van der Waals surface area contributed by atoms with Gasteiger partial charge in [0.15, 0.2) is 0 Å². The molecule has 2 aliphatic rings. The Labute approximate surface area is 106 Å². The molecule has 1 aliphatic carbocycles. The molecule has 2 N–H and O–H groups in total. The molecule has 1 saturated heterocycles. The number of ether oxygens (including phenoxy) is 1. The number of nitrogens with zero attached hydrogens (tertiary/aromatic N) is 1. The third-order valence-electron chi connectivity index (χ3n) is 4.27. The largest absolute Gasteiger partial charge is 0.465 e. The summed E-state index contributed by atoms with van der Waals surface area (Å²) < 4.78 is 4.89. The van der Waals surface area contributed by atoms with E-state index in [2.05, 4.69) is 5.32 Å². The van der Waals surface area contributed by atoms with Crippen molar-refractivity contribution < 1.29 is 19.4 Å². The van der Waals surface area contributed by atoms with Crippen molar-refractivity contribution in [3.05, 3.63) is 0 Å². The summed E-state index contributed by atoms with van der Waals surface area (Å²) in [5.41, 5.74) is 0.0959. The highest BCUT2D eigenvalue weighted by molar-refractivity contribution is 5.68. The lowest BCUT2D eigenvalue weighted by molar-refractivity contribution is -0.00298. The number of nitrogens with one attached hydrogen (secondary N) is 1. The van der Waals surface area contributed by atoms with E-state index in [1.54, 1.807) is 6.92 Å². The van der Waals surface area contributed by atoms with Crippen LogP contribution in [0.4, 0.5) is 9.59 Å². The Balaban J connectivity index is 1.86. The molecule has 1 heterocycles. The van der Waals surface area contributed by atoms with Gasteiger partial charge in [-0.1, -0.05) is 0 Å². The van der Waals surface area contributed by atoms with Gasteiger partial charge in [-0.15, -0.1) is 0 Å². The van der Waals surface area contributed by atoms with E-state index in [1.165, 1.54) is 4.90 Å². The van der Waals surface area contributed by atoms with Gasteiger partial charge in [-0.25, -0.2) is 9.59 Å². The van der Waals surface area contributed by atoms with Crippen LogP contribution in [0.15, 0.2) is 0 Å². The Bertz CT molecular complexity index is 337. The lowest BCUT2D eigenvalue weighted by Gasteiger charge is -2.53. The number of carboxylic acid groups (broad SMARTS) is 1. The lowest BCUT2D eigenvalue weighted by atomic mass is 9.59. The van der Waals surface area contributed by atoms with E-state index in [0.29, 0.717) is 19.7 Å². The Morgan fingerprint density at radius 3 is 2.50 bits per heavy atom. The van der Waals surface area contributed by atoms with Gasteiger partial charge in [0.2, 0.25) is 0 Å². The summed E-state index contributed by atoms with van der Waals surface area (Å²) >= 11 is 0. The van der Waals surface area contributed by atoms with Crippen molar-refractivity contribution in [1.29, 1.82) is 0 Å². The second kappa shape index (κ2) is 5.04. The molecule has 0 aromatic carbocycles. The number of carbonyl (C=O) groups excluding carboxylic acids is 1. The number of alkyl carbamates (subject to hydrolysis) is 1. The zero-order valence-electron chi connectivity index (χ0n) is 10.6. The second-order valence-corrected chi connectivity index (χ2v) is 5.09. The van der Waals surface area contributed by atoms with Crippen LogP contribution in [0, 0.1) is 5.41 Å². The summed E-state index contributed by atoms with van der Waals surface area (Å²) in [4.78, 5) is 23.7. The van der Waals surface area contributed by atoms with E-state index in [-0.39, 0.29) is 17.6 Å². The molecule has 1 aliphatic heterocycles. The first-order chi connectivity index (χ1) is 8.57. The predicted molar refractivity (Wildman–Crippen MR) is 64.4 cm³/mol. The van der Waals surface area contributed by atoms with Gasteiger partial charge in [-0.2, -0.15) is 0 Å². The molecule has 1 spiro atoms. The van der Waals surface area contributed by atoms with Crippen LogP contribution >= 0.6 is 0 Å². The summed E-state index contributed by atoms with van der Waals surface area (Å²) in [5, 5.41) is 11.8. The first kappa shape index (κ1) is 13.0. The average molecular weight is 256 g/mol. The van der Waals surface area contributed by atoms with Gasteiger partial charge in [-0.05, 0) is 38.0 Å². The molecular weight excluding hydrogens is 236 g/mol. The minimum absolute atomic E-state index is 0.0959. The summed E-state index contributed by atoms with van der Waals surface area (Å²) in [6.45, 7) is 3.28. The van der Waals surface area contributed by atoms with E-state index in [9.17, 15) is 9.59 Å². The molecule has 2 fully saturated rings. The molecule has 6 nitrogen and oxygen atoms in total. The second-order valence-electron chi connectivity index (χ2n) is 5.09. The SMILES string of the molecule is CCOC(=O)NC1CCC12CCN(C(=O)O)CC2. The number of piperidine rings is 1. The summed E-state index contributed by atoms with van der Waals surface area (Å²) in [7, 11) is 0. The zero-order chi connectivity index (χ0) is 13.2. The van der Waals surface area contributed by atoms with Gasteiger partial charge < -0.3 is 20.1 Å². The van der Waals surface area contributed by atoms with E-state index < -0.39 is 6.09 Å². The Morgan fingerprint density at radius 2 is 2.06 bits per heavy atom. The van der Waals surface area contributed by atoms with Gasteiger partial charge in [-0.3, -0.25) is 0 Å². The average Bonchev–Trinajstić information content (AvgIpc) is 2.35. The summed E-state index contributed by atoms with van der Waals surface area (Å²) in [5.74, 6) is 0. The topological polar surface area (TPSA) is 78.9 Å². The molecule has 2 amide bonds. The molecule has 0 radical (unpaired) electrons. The third-order valence-corrected chi connectivity index (χ3v) is 4.27. The summed E-state index contributed by atoms with van der Waals surface area (Å²) in [6, 6.07) is 0.146. The number of rotatable bonds is 2. The molecule has 18 heavy (non-hydrogen) atoms. The van der Waals surface area contributed by atoms with Crippen molar-refractivity contribution in [2.75, 3.05) is 19.7 Å². The van der Waals surface area contributed by atoms with E-state index in [4.69, 9.17) is 9.84 Å². The fourth-order valence-corrected chi connectivity index (χ4v) is 2.98. The van der Waals surface area contributed by atoms with Crippen LogP contribution in [0.25, 0.3) is 0 Å².